The van der Waals surface area contributed by atoms with E-state index in [1.807, 2.05) is 4.90 Å². The number of anilines is 1. The molecule has 1 saturated carbocycles. The molecule has 2 fully saturated rings. The van der Waals surface area contributed by atoms with E-state index in [1.165, 1.54) is 6.07 Å². The van der Waals surface area contributed by atoms with Gasteiger partial charge >= 0.3 is 0 Å². The Balaban J connectivity index is 1.80. The molecule has 1 aliphatic carbocycles. The van der Waals surface area contributed by atoms with Gasteiger partial charge in [-0.25, -0.2) is 4.39 Å². The summed E-state index contributed by atoms with van der Waals surface area (Å²) in [6.45, 7) is 3.66. The maximum Gasteiger partial charge on any atom is 0.198 e. The Kier molecular flexibility index (Phi) is 3.22. The van der Waals surface area contributed by atoms with Crippen molar-refractivity contribution in [1.82, 2.24) is 9.47 Å². The number of halogens is 1. The van der Waals surface area contributed by atoms with Crippen LogP contribution in [0.15, 0.2) is 17.1 Å². The van der Waals surface area contributed by atoms with Crippen LogP contribution in [0, 0.1) is 11.2 Å². The lowest BCUT2D eigenvalue weighted by atomic mass is 10.0. The second kappa shape index (κ2) is 5.30. The number of nitrogens with one attached hydrogen (secondary N) is 1. The lowest BCUT2D eigenvalue weighted by Crippen LogP contribution is -2.45. The topological polar surface area (TPSA) is 61.6 Å². The van der Waals surface area contributed by atoms with Gasteiger partial charge in [0.2, 0.25) is 0 Å². The number of hydrogen-bond acceptors (Lipinski definition) is 5. The third-order valence-corrected chi connectivity index (χ3v) is 6.00. The predicted molar refractivity (Wildman–Crippen MR) is 98.5 cm³/mol. The van der Waals surface area contributed by atoms with E-state index in [-0.39, 0.29) is 11.0 Å². The Hall–Kier alpha value is -2.41. The smallest absolute Gasteiger partial charge is 0.198 e. The van der Waals surface area contributed by atoms with E-state index in [0.717, 1.165) is 45.2 Å². The summed E-state index contributed by atoms with van der Waals surface area (Å²) in [7, 11) is 2.06. The number of ether oxygens (including phenoxy) is 1. The Morgan fingerprint density at radius 2 is 2.00 bits per heavy atom. The highest BCUT2D eigenvalue weighted by atomic mass is 19.1. The molecule has 0 amide bonds. The van der Waals surface area contributed by atoms with Crippen LogP contribution in [0.4, 0.5) is 10.1 Å². The van der Waals surface area contributed by atoms with Crippen molar-refractivity contribution in [2.24, 2.45) is 0 Å². The fourth-order valence-electron chi connectivity index (χ4n) is 4.18. The van der Waals surface area contributed by atoms with Crippen LogP contribution in [-0.2, 0) is 5.54 Å². The summed E-state index contributed by atoms with van der Waals surface area (Å²) in [6.07, 6.45) is 4.76. The zero-order valence-corrected chi connectivity index (χ0v) is 14.7. The second-order valence-electron chi connectivity index (χ2n) is 7.66. The van der Waals surface area contributed by atoms with E-state index in [1.54, 1.807) is 6.20 Å². The normalized spacial score (nSPS) is 21.1. The van der Waals surface area contributed by atoms with Gasteiger partial charge in [-0.2, -0.15) is 0 Å². The molecule has 3 aliphatic rings. The lowest BCUT2D eigenvalue weighted by Gasteiger charge is -2.37. The average molecular weight is 356 g/mol. The summed E-state index contributed by atoms with van der Waals surface area (Å²) >= 11 is 0. The Morgan fingerprint density at radius 1 is 1.27 bits per heavy atom. The summed E-state index contributed by atoms with van der Waals surface area (Å²) in [5.74, 6) is 0.0605. The number of likely N-dealkylation sites (N-methyl/N-ethyl adjacent to an activating group) is 1. The summed E-state index contributed by atoms with van der Waals surface area (Å²) in [5, 5.41) is 7.86. The van der Waals surface area contributed by atoms with E-state index in [0.29, 0.717) is 34.5 Å². The van der Waals surface area contributed by atoms with Crippen molar-refractivity contribution >= 4 is 22.8 Å². The number of rotatable bonds is 2. The van der Waals surface area contributed by atoms with Crippen LogP contribution in [0.2, 0.25) is 0 Å². The van der Waals surface area contributed by atoms with E-state index in [9.17, 15) is 4.79 Å². The Labute approximate surface area is 150 Å². The first-order valence-corrected chi connectivity index (χ1v) is 9.03. The van der Waals surface area contributed by atoms with Gasteiger partial charge in [0, 0.05) is 38.6 Å². The molecule has 1 spiro atoms. The third kappa shape index (κ3) is 2.06. The number of pyridine rings is 1. The van der Waals surface area contributed by atoms with Crippen molar-refractivity contribution in [3.05, 3.63) is 33.9 Å². The van der Waals surface area contributed by atoms with Crippen LogP contribution in [-0.4, -0.2) is 55.5 Å². The second-order valence-corrected chi connectivity index (χ2v) is 7.66. The molecule has 7 heteroatoms. The number of nitrogens with zero attached hydrogens (tertiary/aromatic N) is 3. The molecule has 6 nitrogen and oxygen atoms in total. The maximum atomic E-state index is 15.1. The van der Waals surface area contributed by atoms with Gasteiger partial charge < -0.3 is 24.5 Å². The molecule has 0 bridgehead atoms. The fraction of sp³-hybridized carbons (Fsp3) is 0.474. The van der Waals surface area contributed by atoms with Gasteiger partial charge in [0.1, 0.15) is 12.3 Å². The quantitative estimate of drug-likeness (QED) is 0.833. The third-order valence-electron chi connectivity index (χ3n) is 6.00. The first-order valence-electron chi connectivity index (χ1n) is 9.03. The number of hydrogen-bond donors (Lipinski definition) is 1. The monoisotopic (exact) mass is 356 g/mol. The van der Waals surface area contributed by atoms with E-state index >= 15 is 4.39 Å². The highest BCUT2D eigenvalue weighted by Gasteiger charge is 2.49. The lowest BCUT2D eigenvalue weighted by molar-refractivity contribution is 0.219. The van der Waals surface area contributed by atoms with Gasteiger partial charge in [0.15, 0.2) is 17.0 Å². The van der Waals surface area contributed by atoms with Crippen molar-refractivity contribution in [2.45, 2.75) is 18.4 Å². The summed E-state index contributed by atoms with van der Waals surface area (Å²) < 4.78 is 23.2. The molecule has 2 aliphatic heterocycles. The summed E-state index contributed by atoms with van der Waals surface area (Å²) in [4.78, 5) is 16.9. The molecule has 3 heterocycles. The van der Waals surface area contributed by atoms with Gasteiger partial charge in [-0.15, -0.1) is 0 Å². The van der Waals surface area contributed by atoms with Crippen LogP contribution in [0.1, 0.15) is 18.4 Å². The van der Waals surface area contributed by atoms with E-state index in [2.05, 4.69) is 16.5 Å². The number of fused-ring (bicyclic) bond motifs is 1. The minimum Gasteiger partial charge on any atom is -0.487 e. The molecule has 2 aromatic rings. The zero-order valence-electron chi connectivity index (χ0n) is 14.7. The molecule has 1 N–H and O–H groups in total. The van der Waals surface area contributed by atoms with Gasteiger partial charge in [0.05, 0.1) is 22.0 Å². The van der Waals surface area contributed by atoms with Crippen LogP contribution < -0.4 is 15.1 Å². The van der Waals surface area contributed by atoms with E-state index in [4.69, 9.17) is 10.1 Å². The van der Waals surface area contributed by atoms with Crippen LogP contribution in [0.3, 0.4) is 0 Å². The highest BCUT2D eigenvalue weighted by molar-refractivity contribution is 5.95. The van der Waals surface area contributed by atoms with E-state index < -0.39 is 5.82 Å². The molecule has 136 valence electrons. The number of piperazine rings is 1. The van der Waals surface area contributed by atoms with Crippen molar-refractivity contribution in [3.63, 3.8) is 0 Å². The van der Waals surface area contributed by atoms with Gasteiger partial charge in [0.25, 0.3) is 0 Å². The summed E-state index contributed by atoms with van der Waals surface area (Å²) in [6, 6.07) is 1.34. The first kappa shape index (κ1) is 15.8. The number of benzene rings is 1. The SMILES string of the molecule is CN1CCN(c2c(F)cc3c(=O)c(C=N)cn4c3c2OCC42CC2)CC1. The molecule has 5 rings (SSSR count). The highest BCUT2D eigenvalue weighted by Crippen LogP contribution is 2.52. The van der Waals surface area contributed by atoms with Crippen molar-refractivity contribution in [3.8, 4) is 5.75 Å². The first-order chi connectivity index (χ1) is 12.5. The predicted octanol–water partition coefficient (Wildman–Crippen LogP) is 1.77. The summed E-state index contributed by atoms with van der Waals surface area (Å²) in [5.41, 5.74) is 0.992. The molecule has 1 aromatic carbocycles. The molecular formula is C19H21FN4O2. The minimum absolute atomic E-state index is 0.145. The average Bonchev–Trinajstić information content (AvgIpc) is 3.41. The Bertz CT molecular complexity index is 987. The molecule has 0 unspecified atom stereocenters. The molecule has 1 aromatic heterocycles. The molecule has 1 saturated heterocycles. The maximum absolute atomic E-state index is 15.1. The largest absolute Gasteiger partial charge is 0.487 e. The zero-order chi connectivity index (χ0) is 18.1. The van der Waals surface area contributed by atoms with Crippen molar-refractivity contribution in [2.75, 3.05) is 44.7 Å². The van der Waals surface area contributed by atoms with Crippen molar-refractivity contribution in [1.29, 1.82) is 5.41 Å². The van der Waals surface area contributed by atoms with Crippen molar-refractivity contribution < 1.29 is 9.13 Å². The molecule has 0 atom stereocenters. The Morgan fingerprint density at radius 3 is 2.65 bits per heavy atom. The van der Waals surface area contributed by atoms with Gasteiger partial charge in [-0.05, 0) is 26.0 Å². The number of aromatic nitrogens is 1. The molecule has 0 radical (unpaired) electrons. The molecular weight excluding hydrogens is 335 g/mol. The van der Waals surface area contributed by atoms with Crippen LogP contribution >= 0.6 is 0 Å². The molecule has 26 heavy (non-hydrogen) atoms. The fourth-order valence-corrected chi connectivity index (χ4v) is 4.18. The van der Waals surface area contributed by atoms with Gasteiger partial charge in [-0.1, -0.05) is 0 Å². The van der Waals surface area contributed by atoms with Gasteiger partial charge in [-0.3, -0.25) is 4.79 Å². The standard InChI is InChI=1S/C19H21FN4O2/c1-22-4-6-23(7-5-22)16-14(20)8-13-15-18(16)26-11-19(2-3-19)24(15)10-12(9-21)17(13)25/h8-10,21H,2-7,11H2,1H3. The van der Waals surface area contributed by atoms with Crippen LogP contribution in [0.25, 0.3) is 10.9 Å². The van der Waals surface area contributed by atoms with Crippen LogP contribution in [0.5, 0.6) is 5.75 Å². The minimum atomic E-state index is -0.422.